The van der Waals surface area contributed by atoms with Gasteiger partial charge >= 0.3 is 6.18 Å². The van der Waals surface area contributed by atoms with Crippen molar-refractivity contribution in [3.8, 4) is 0 Å². The van der Waals surface area contributed by atoms with Crippen LogP contribution in [-0.4, -0.2) is 29.6 Å². The molecule has 0 spiro atoms. The molecule has 0 amide bonds. The van der Waals surface area contributed by atoms with Gasteiger partial charge in [-0.25, -0.2) is 0 Å². The summed E-state index contributed by atoms with van der Waals surface area (Å²) in [7, 11) is 1.19. The summed E-state index contributed by atoms with van der Waals surface area (Å²) in [4.78, 5) is 0. The highest BCUT2D eigenvalue weighted by molar-refractivity contribution is 5.10. The van der Waals surface area contributed by atoms with Crippen molar-refractivity contribution in [1.29, 1.82) is 0 Å². The summed E-state index contributed by atoms with van der Waals surface area (Å²) in [5.74, 6) is 3.64. The molecule has 4 fully saturated rings. The second kappa shape index (κ2) is 8.39. The number of hydrogen-bond donors (Lipinski definition) is 1. The van der Waals surface area contributed by atoms with E-state index >= 15 is 0 Å². The lowest BCUT2D eigenvalue weighted by molar-refractivity contribution is -0.266. The van der Waals surface area contributed by atoms with E-state index in [0.717, 1.165) is 37.5 Å². The van der Waals surface area contributed by atoms with Crippen LogP contribution < -0.4 is 0 Å². The normalized spacial score (nSPS) is 48.4. The quantitative estimate of drug-likeness (QED) is 0.443. The number of methoxy groups -OCH3 is 1. The molecule has 1 unspecified atom stereocenters. The van der Waals surface area contributed by atoms with Gasteiger partial charge in [-0.3, -0.25) is 0 Å². The molecule has 33 heavy (non-hydrogen) atoms. The summed E-state index contributed by atoms with van der Waals surface area (Å²) in [5, 5.41) is 10.7. The van der Waals surface area contributed by atoms with Gasteiger partial charge in [0.15, 0.2) is 5.60 Å². The van der Waals surface area contributed by atoms with Crippen molar-refractivity contribution in [3.63, 3.8) is 0 Å². The summed E-state index contributed by atoms with van der Waals surface area (Å²) in [6.07, 6.45) is 6.67. The molecule has 0 aromatic rings. The van der Waals surface area contributed by atoms with Crippen LogP contribution in [0.15, 0.2) is 0 Å². The largest absolute Gasteiger partial charge is 0.417 e. The summed E-state index contributed by atoms with van der Waals surface area (Å²) < 4.78 is 45.6. The highest BCUT2D eigenvalue weighted by Crippen LogP contribution is 2.69. The summed E-state index contributed by atoms with van der Waals surface area (Å²) in [6.45, 7) is 10.4. The molecule has 0 aliphatic heterocycles. The van der Waals surface area contributed by atoms with Gasteiger partial charge in [-0.05, 0) is 131 Å². The fourth-order valence-electron chi connectivity index (χ4n) is 9.47. The summed E-state index contributed by atoms with van der Waals surface area (Å²) >= 11 is 0. The number of alkyl halides is 3. The number of aliphatic hydroxyl groups is 1. The second-order valence-electron chi connectivity index (χ2n) is 13.5. The van der Waals surface area contributed by atoms with E-state index in [2.05, 4.69) is 20.8 Å². The van der Waals surface area contributed by atoms with Gasteiger partial charge in [-0.2, -0.15) is 13.2 Å². The Hall–Kier alpha value is -0.290. The lowest BCUT2D eigenvalue weighted by Gasteiger charge is -2.62. The molecule has 4 aliphatic rings. The molecule has 0 heterocycles. The number of rotatable bonds is 5. The van der Waals surface area contributed by atoms with Crippen molar-refractivity contribution < 1.29 is 23.0 Å². The minimum absolute atomic E-state index is 0.0388. The van der Waals surface area contributed by atoms with Crippen LogP contribution in [0, 0.1) is 46.3 Å². The van der Waals surface area contributed by atoms with Crippen LogP contribution in [0.3, 0.4) is 0 Å². The zero-order valence-electron chi connectivity index (χ0n) is 21.7. The predicted molar refractivity (Wildman–Crippen MR) is 126 cm³/mol. The van der Waals surface area contributed by atoms with E-state index in [0.29, 0.717) is 29.6 Å². The van der Waals surface area contributed by atoms with Crippen molar-refractivity contribution >= 4 is 0 Å². The van der Waals surface area contributed by atoms with E-state index in [1.165, 1.54) is 46.1 Å². The van der Waals surface area contributed by atoms with Crippen LogP contribution in [0.1, 0.15) is 105 Å². The van der Waals surface area contributed by atoms with Crippen LogP contribution in [0.4, 0.5) is 13.2 Å². The number of fused-ring (bicyclic) bond motifs is 5. The zero-order chi connectivity index (χ0) is 24.4. The van der Waals surface area contributed by atoms with Gasteiger partial charge in [-0.15, -0.1) is 0 Å². The van der Waals surface area contributed by atoms with E-state index in [-0.39, 0.29) is 17.8 Å². The first-order valence-corrected chi connectivity index (χ1v) is 13.5. The zero-order valence-corrected chi connectivity index (χ0v) is 21.7. The molecular formula is C28H47F3O2. The fraction of sp³-hybridized carbons (Fsp3) is 1.00. The molecule has 0 saturated heterocycles. The third kappa shape index (κ3) is 4.19. The van der Waals surface area contributed by atoms with Gasteiger partial charge in [0.2, 0.25) is 0 Å². The highest BCUT2D eigenvalue weighted by Gasteiger charge is 2.61. The molecule has 4 saturated carbocycles. The van der Waals surface area contributed by atoms with Gasteiger partial charge < -0.3 is 9.84 Å². The minimum atomic E-state index is -4.33. The fourth-order valence-corrected chi connectivity index (χ4v) is 9.47. The molecule has 4 rings (SSSR count). The lowest BCUT2D eigenvalue weighted by Crippen LogP contribution is -2.55. The Morgan fingerprint density at radius 1 is 0.939 bits per heavy atom. The average molecular weight is 473 g/mol. The van der Waals surface area contributed by atoms with Crippen molar-refractivity contribution in [2.75, 3.05) is 7.11 Å². The van der Waals surface area contributed by atoms with Gasteiger partial charge in [0.1, 0.15) is 0 Å². The molecule has 10 atom stereocenters. The third-order valence-corrected chi connectivity index (χ3v) is 11.8. The molecule has 1 N–H and O–H groups in total. The average Bonchev–Trinajstić information content (AvgIpc) is 3.08. The third-order valence-electron chi connectivity index (χ3n) is 11.8. The summed E-state index contributed by atoms with van der Waals surface area (Å²) in [6, 6.07) is 0. The smallest absolute Gasteiger partial charge is 0.390 e. The number of ether oxygens (including phenoxy) is 1. The highest BCUT2D eigenvalue weighted by atomic mass is 19.4. The first kappa shape index (κ1) is 25.8. The van der Waals surface area contributed by atoms with Crippen molar-refractivity contribution in [2.45, 2.75) is 123 Å². The number of halogens is 3. The number of hydrogen-bond acceptors (Lipinski definition) is 2. The molecule has 4 aliphatic carbocycles. The van der Waals surface area contributed by atoms with E-state index in [4.69, 9.17) is 4.74 Å². The standard InChI is InChI=1S/C28H47F3O2/c1-18(11-14-27(5,33-6)28(29,30)31)21-9-10-22-20-8-7-19-17-24(2,32)15-16-25(19,3)23(20)12-13-26(21,22)4/h18-23,32H,7-17H2,1-6H3/t18-,19+,20+,21-,22+,23+,24+,25+,26-,27?/m1/s1. The monoisotopic (exact) mass is 472 g/mol. The van der Waals surface area contributed by atoms with Crippen LogP contribution in [0.2, 0.25) is 0 Å². The molecule has 0 radical (unpaired) electrons. The SMILES string of the molecule is COC(C)(CC[C@@H](C)[C@H]1CC[C@H]2[C@@H]3CC[C@H]4C[C@@](C)(O)CC[C@]4(C)[C@H]3CC[C@]12C)C(F)(F)F. The molecule has 192 valence electrons. The van der Waals surface area contributed by atoms with Gasteiger partial charge in [0.05, 0.1) is 5.60 Å². The first-order chi connectivity index (χ1) is 15.2. The minimum Gasteiger partial charge on any atom is -0.390 e. The topological polar surface area (TPSA) is 29.5 Å². The van der Waals surface area contributed by atoms with E-state index in [1.807, 2.05) is 6.92 Å². The van der Waals surface area contributed by atoms with E-state index < -0.39 is 17.4 Å². The van der Waals surface area contributed by atoms with Gasteiger partial charge in [-0.1, -0.05) is 20.8 Å². The van der Waals surface area contributed by atoms with E-state index in [9.17, 15) is 18.3 Å². The first-order valence-electron chi connectivity index (χ1n) is 13.5. The molecule has 2 nitrogen and oxygen atoms in total. The maximum absolute atomic E-state index is 13.5. The van der Waals surface area contributed by atoms with Crippen LogP contribution in [0.25, 0.3) is 0 Å². The van der Waals surface area contributed by atoms with Crippen LogP contribution in [0.5, 0.6) is 0 Å². The Morgan fingerprint density at radius 2 is 1.61 bits per heavy atom. The molecule has 0 aromatic heterocycles. The lowest BCUT2D eigenvalue weighted by atomic mass is 9.43. The second-order valence-corrected chi connectivity index (χ2v) is 13.5. The van der Waals surface area contributed by atoms with Crippen molar-refractivity contribution in [2.24, 2.45) is 46.3 Å². The maximum atomic E-state index is 13.5. The summed E-state index contributed by atoms with van der Waals surface area (Å²) in [5.41, 5.74) is -1.94. The Kier molecular flexibility index (Phi) is 6.56. The molecular weight excluding hydrogens is 425 g/mol. The van der Waals surface area contributed by atoms with Gasteiger partial charge in [0.25, 0.3) is 0 Å². The Bertz CT molecular complexity index is 720. The Balaban J connectivity index is 1.46. The van der Waals surface area contributed by atoms with Crippen LogP contribution >= 0.6 is 0 Å². The Morgan fingerprint density at radius 3 is 2.24 bits per heavy atom. The van der Waals surface area contributed by atoms with Crippen molar-refractivity contribution in [3.05, 3.63) is 0 Å². The maximum Gasteiger partial charge on any atom is 0.417 e. The molecule has 5 heteroatoms. The Labute approximate surface area is 199 Å². The van der Waals surface area contributed by atoms with Crippen LogP contribution in [-0.2, 0) is 4.74 Å². The van der Waals surface area contributed by atoms with E-state index in [1.54, 1.807) is 0 Å². The van der Waals surface area contributed by atoms with Crippen molar-refractivity contribution in [1.82, 2.24) is 0 Å². The predicted octanol–water partition coefficient (Wildman–Crippen LogP) is 7.78. The van der Waals surface area contributed by atoms with Gasteiger partial charge in [0, 0.05) is 7.11 Å². The molecule has 0 aromatic carbocycles. The molecule has 0 bridgehead atoms.